The molecule has 16 heteroatoms. The molecule has 0 aliphatic heterocycles. The Kier molecular flexibility index (Phi) is 7.14. The smallest absolute Gasteiger partial charge is 0.215 e. The van der Waals surface area contributed by atoms with E-state index in [4.69, 9.17) is 0 Å². The summed E-state index contributed by atoms with van der Waals surface area (Å²) in [6, 6.07) is 0. The van der Waals surface area contributed by atoms with Gasteiger partial charge in [-0.15, -0.1) is 6.58 Å². The summed E-state index contributed by atoms with van der Waals surface area (Å²) in [6.07, 6.45) is 1.72. The van der Waals surface area contributed by atoms with E-state index >= 15 is 0 Å². The molecular formula is C10H14F6N2O5S3. The summed E-state index contributed by atoms with van der Waals surface area (Å²) in [5, 5.41) is -1.48. The van der Waals surface area contributed by atoms with Crippen molar-refractivity contribution in [3.63, 3.8) is 0 Å². The van der Waals surface area contributed by atoms with Crippen molar-refractivity contribution in [2.45, 2.75) is 42.2 Å². The van der Waals surface area contributed by atoms with Gasteiger partial charge in [0.1, 0.15) is 0 Å². The molecule has 0 aromatic carbocycles. The van der Waals surface area contributed by atoms with Crippen LogP contribution < -0.4 is 0 Å². The summed E-state index contributed by atoms with van der Waals surface area (Å²) in [6.45, 7) is 3.49. The van der Waals surface area contributed by atoms with Crippen molar-refractivity contribution >= 4 is 29.9 Å². The van der Waals surface area contributed by atoms with Crippen LogP contribution in [0.2, 0.25) is 0 Å². The Morgan fingerprint density at radius 1 is 1.04 bits per heavy atom. The first-order chi connectivity index (χ1) is 11.7. The Morgan fingerprint density at radius 2 is 1.54 bits per heavy atom. The van der Waals surface area contributed by atoms with Crippen molar-refractivity contribution in [2.24, 2.45) is 13.5 Å². The molecule has 1 fully saturated rings. The van der Waals surface area contributed by atoms with Gasteiger partial charge in [-0.1, -0.05) is 18.0 Å². The lowest BCUT2D eigenvalue weighted by Crippen LogP contribution is -2.30. The Morgan fingerprint density at radius 3 is 1.88 bits per heavy atom. The first-order valence-electron chi connectivity index (χ1n) is 6.77. The van der Waals surface area contributed by atoms with Crippen LogP contribution in [-0.2, 0) is 34.3 Å². The van der Waals surface area contributed by atoms with E-state index in [2.05, 4.69) is 14.7 Å². The second-order valence-corrected chi connectivity index (χ2v) is 11.1. The summed E-state index contributed by atoms with van der Waals surface area (Å²) in [5.41, 5.74) is -6.12. The second kappa shape index (κ2) is 8.02. The number of halogens is 6. The fourth-order valence-electron chi connectivity index (χ4n) is 2.13. The fourth-order valence-corrected chi connectivity index (χ4v) is 7.18. The fraction of sp³-hybridized carbons (Fsp3) is 0.800. The average molecular weight is 452 g/mol. The van der Waals surface area contributed by atoms with E-state index in [1.807, 2.05) is 0 Å². The molecule has 0 N–H and O–H groups in total. The topological polar surface area (TPSA) is 102 Å². The summed E-state index contributed by atoms with van der Waals surface area (Å²) >= 11 is 0. The molecular weight excluding hydrogens is 438 g/mol. The number of hydrogen-bond donors (Lipinski definition) is 0. The van der Waals surface area contributed by atoms with Crippen molar-refractivity contribution in [3.8, 4) is 0 Å². The number of allylic oxidation sites excluding steroid dienone is 1. The van der Waals surface area contributed by atoms with E-state index in [0.717, 1.165) is 0 Å². The first-order valence-corrected chi connectivity index (χ1v) is 11.2. The Hall–Kier alpha value is -0.870. The number of sulfonamides is 1. The third-order valence-corrected chi connectivity index (χ3v) is 9.33. The van der Waals surface area contributed by atoms with Gasteiger partial charge in [-0.25, -0.2) is 16.8 Å². The van der Waals surface area contributed by atoms with E-state index < -0.39 is 46.5 Å². The predicted molar refractivity (Wildman–Crippen MR) is 80.3 cm³/mol. The van der Waals surface area contributed by atoms with Crippen molar-refractivity contribution in [1.82, 2.24) is 0 Å². The predicted octanol–water partition coefficient (Wildman–Crippen LogP) is 3.47. The molecule has 154 valence electrons. The number of nitrogens with zero attached hydrogens (tertiary/aromatic N) is 2. The van der Waals surface area contributed by atoms with Crippen molar-refractivity contribution < 1.29 is 47.7 Å². The molecule has 1 saturated carbocycles. The van der Waals surface area contributed by atoms with E-state index in [1.54, 1.807) is 3.77 Å². The van der Waals surface area contributed by atoms with Crippen LogP contribution in [0.15, 0.2) is 20.2 Å². The van der Waals surface area contributed by atoms with Gasteiger partial charge in [-0.05, 0) is 36.1 Å². The second-order valence-electron chi connectivity index (χ2n) is 5.22. The zero-order valence-electron chi connectivity index (χ0n) is 12.8. The third-order valence-electron chi connectivity index (χ3n) is 3.50. The van der Waals surface area contributed by atoms with E-state index in [1.165, 1.54) is 6.08 Å². The molecule has 0 saturated heterocycles. The highest BCUT2D eigenvalue weighted by Gasteiger charge is 2.49. The maximum atomic E-state index is 13.0. The van der Waals surface area contributed by atoms with E-state index in [9.17, 15) is 43.3 Å². The van der Waals surface area contributed by atoms with Gasteiger partial charge in [0.25, 0.3) is 29.9 Å². The van der Waals surface area contributed by atoms with Gasteiger partial charge in [0.05, 0.1) is 5.25 Å². The van der Waals surface area contributed by atoms with Gasteiger partial charge in [-0.2, -0.15) is 22.0 Å². The van der Waals surface area contributed by atoms with Crippen LogP contribution >= 0.6 is 0 Å². The molecule has 0 aromatic heterocycles. The standard InChI is InChI=1S/C10H14F6N2O5S3/c1-2-7-3-5-8(6-4-7)24(19,20)17-26(22,10(13,14)15)18-25(21,23-16)9(11)12/h2,7-9H,1,3-6H2. The van der Waals surface area contributed by atoms with E-state index in [-0.39, 0.29) is 31.6 Å². The lowest BCUT2D eigenvalue weighted by molar-refractivity contribution is -0.0403. The third kappa shape index (κ3) is 5.10. The quantitative estimate of drug-likeness (QED) is 0.454. The van der Waals surface area contributed by atoms with Gasteiger partial charge < -0.3 is 0 Å². The molecule has 0 aromatic rings. The summed E-state index contributed by atoms with van der Waals surface area (Å²) in [5.74, 6) is -4.51. The van der Waals surface area contributed by atoms with Crippen LogP contribution in [0.1, 0.15) is 25.7 Å². The van der Waals surface area contributed by atoms with Gasteiger partial charge >= 0.3 is 11.3 Å². The Labute approximate surface area is 146 Å². The van der Waals surface area contributed by atoms with Crippen LogP contribution in [0, 0.1) is 5.92 Å². The minimum atomic E-state index is -6.42. The molecule has 2 unspecified atom stereocenters. The van der Waals surface area contributed by atoms with Gasteiger partial charge in [0.2, 0.25) is 0 Å². The van der Waals surface area contributed by atoms with Crippen LogP contribution in [0.25, 0.3) is 0 Å². The molecule has 0 radical (unpaired) electrons. The SMILES string of the molecule is C=CC1CCC(S(=O)(=O)N=S(=O)(N=S(=O)(OF)C(F)F)C(F)(F)F)CC1. The number of rotatable bonds is 6. The highest BCUT2D eigenvalue weighted by atomic mass is 32.3. The van der Waals surface area contributed by atoms with Gasteiger partial charge in [0.15, 0.2) is 0 Å². The molecule has 1 rings (SSSR count). The lowest BCUT2D eigenvalue weighted by Gasteiger charge is -2.24. The molecule has 0 bridgehead atoms. The number of alkyl halides is 5. The highest BCUT2D eigenvalue weighted by molar-refractivity contribution is 8.07. The highest BCUT2D eigenvalue weighted by Crippen LogP contribution is 2.35. The van der Waals surface area contributed by atoms with Crippen LogP contribution in [0.4, 0.5) is 26.5 Å². The lowest BCUT2D eigenvalue weighted by atomic mass is 9.89. The van der Waals surface area contributed by atoms with Crippen LogP contribution in [0.5, 0.6) is 0 Å². The van der Waals surface area contributed by atoms with Crippen molar-refractivity contribution in [3.05, 3.63) is 12.7 Å². The molecule has 7 nitrogen and oxygen atoms in total. The summed E-state index contributed by atoms with van der Waals surface area (Å²) < 4.78 is 129. The zero-order valence-corrected chi connectivity index (χ0v) is 15.2. The molecule has 1 aliphatic rings. The zero-order chi connectivity index (χ0) is 20.4. The van der Waals surface area contributed by atoms with Crippen molar-refractivity contribution in [2.75, 3.05) is 0 Å². The Balaban J connectivity index is 3.51. The Bertz CT molecular complexity index is 860. The van der Waals surface area contributed by atoms with E-state index in [0.29, 0.717) is 0 Å². The minimum Gasteiger partial charge on any atom is -0.215 e. The minimum absolute atomic E-state index is 0.0735. The molecule has 2 atom stereocenters. The molecule has 1 aliphatic carbocycles. The summed E-state index contributed by atoms with van der Waals surface area (Å²) in [4.78, 5) is 0. The van der Waals surface area contributed by atoms with Crippen LogP contribution in [-0.4, -0.2) is 33.4 Å². The molecule has 0 amide bonds. The average Bonchev–Trinajstić information content (AvgIpc) is 2.53. The maximum Gasteiger partial charge on any atom is 0.501 e. The first kappa shape index (κ1) is 23.2. The number of hydrogen-bond acceptors (Lipinski definition) is 5. The molecule has 0 spiro atoms. The van der Waals surface area contributed by atoms with Crippen LogP contribution in [0.3, 0.4) is 0 Å². The van der Waals surface area contributed by atoms with Crippen molar-refractivity contribution in [1.29, 1.82) is 0 Å². The molecule has 26 heavy (non-hydrogen) atoms. The molecule has 0 heterocycles. The summed E-state index contributed by atoms with van der Waals surface area (Å²) in [7, 11) is -17.6. The van der Waals surface area contributed by atoms with Gasteiger partial charge in [0, 0.05) is 0 Å². The largest absolute Gasteiger partial charge is 0.501 e. The normalized spacial score (nSPS) is 26.6. The monoisotopic (exact) mass is 452 g/mol. The van der Waals surface area contributed by atoms with Gasteiger partial charge in [-0.3, -0.25) is 0 Å². The maximum absolute atomic E-state index is 13.0.